The van der Waals surface area contributed by atoms with Crippen molar-refractivity contribution in [3.05, 3.63) is 35.9 Å². The predicted molar refractivity (Wildman–Crippen MR) is 72.5 cm³/mol. The van der Waals surface area contributed by atoms with Crippen LogP contribution in [0.1, 0.15) is 25.3 Å². The molecule has 1 aliphatic heterocycles. The lowest BCUT2D eigenvalue weighted by atomic mass is 10.0. The highest BCUT2D eigenvalue weighted by molar-refractivity contribution is 5.14. The molecular formula is C15H23NO2. The maximum absolute atomic E-state index is 5.52. The zero-order valence-electron chi connectivity index (χ0n) is 11.1. The predicted octanol–water partition coefficient (Wildman–Crippen LogP) is 2.36. The van der Waals surface area contributed by atoms with Gasteiger partial charge in [-0.3, -0.25) is 0 Å². The molecule has 0 spiro atoms. The maximum Gasteiger partial charge on any atom is 0.159 e. The van der Waals surface area contributed by atoms with Gasteiger partial charge in [-0.05, 0) is 24.9 Å². The molecule has 0 radical (unpaired) electrons. The Hall–Kier alpha value is -0.900. The van der Waals surface area contributed by atoms with Gasteiger partial charge in [0.1, 0.15) is 0 Å². The van der Waals surface area contributed by atoms with Crippen LogP contribution in [0.3, 0.4) is 0 Å². The van der Waals surface area contributed by atoms with Crippen LogP contribution in [0.25, 0.3) is 0 Å². The standard InChI is InChI=1S/C15H23NO2/c1-2-16-14(12-15-17-10-11-18-15)9-8-13-6-4-3-5-7-13/h3-7,14-16H,2,8-12H2,1H3. The van der Waals surface area contributed by atoms with E-state index in [1.54, 1.807) is 0 Å². The van der Waals surface area contributed by atoms with Gasteiger partial charge in [0.05, 0.1) is 13.2 Å². The molecular weight excluding hydrogens is 226 g/mol. The van der Waals surface area contributed by atoms with Crippen LogP contribution in [0.15, 0.2) is 30.3 Å². The summed E-state index contributed by atoms with van der Waals surface area (Å²) in [7, 11) is 0. The number of nitrogens with one attached hydrogen (secondary N) is 1. The number of rotatable bonds is 7. The van der Waals surface area contributed by atoms with Crippen molar-refractivity contribution >= 4 is 0 Å². The first kappa shape index (κ1) is 13.5. The maximum atomic E-state index is 5.52. The summed E-state index contributed by atoms with van der Waals surface area (Å²) in [5.74, 6) is 0. The second-order valence-corrected chi connectivity index (χ2v) is 4.69. The van der Waals surface area contributed by atoms with Crippen molar-refractivity contribution in [2.24, 2.45) is 0 Å². The van der Waals surface area contributed by atoms with Gasteiger partial charge in [-0.15, -0.1) is 0 Å². The number of hydrogen-bond donors (Lipinski definition) is 1. The molecule has 0 aromatic heterocycles. The lowest BCUT2D eigenvalue weighted by molar-refractivity contribution is -0.0530. The molecule has 0 saturated carbocycles. The number of hydrogen-bond acceptors (Lipinski definition) is 3. The molecule has 1 N–H and O–H groups in total. The topological polar surface area (TPSA) is 30.5 Å². The van der Waals surface area contributed by atoms with E-state index in [0.29, 0.717) is 6.04 Å². The van der Waals surface area contributed by atoms with Gasteiger partial charge in [0.15, 0.2) is 6.29 Å². The van der Waals surface area contributed by atoms with Crippen LogP contribution in [0.2, 0.25) is 0 Å². The Bertz CT molecular complexity index is 323. The second kappa shape index (κ2) is 7.52. The molecule has 1 heterocycles. The lowest BCUT2D eigenvalue weighted by Crippen LogP contribution is -2.33. The highest BCUT2D eigenvalue weighted by atomic mass is 16.7. The Morgan fingerprint density at radius 2 is 1.94 bits per heavy atom. The molecule has 3 nitrogen and oxygen atoms in total. The number of ether oxygens (including phenoxy) is 2. The van der Waals surface area contributed by atoms with Gasteiger partial charge in [-0.25, -0.2) is 0 Å². The van der Waals surface area contributed by atoms with Crippen molar-refractivity contribution in [3.63, 3.8) is 0 Å². The van der Waals surface area contributed by atoms with Crippen molar-refractivity contribution in [1.82, 2.24) is 5.32 Å². The van der Waals surface area contributed by atoms with E-state index < -0.39 is 0 Å². The summed E-state index contributed by atoms with van der Waals surface area (Å²) >= 11 is 0. The Kier molecular flexibility index (Phi) is 5.65. The summed E-state index contributed by atoms with van der Waals surface area (Å²) in [6, 6.07) is 11.1. The van der Waals surface area contributed by atoms with Gasteiger partial charge in [-0.1, -0.05) is 37.3 Å². The SMILES string of the molecule is CCNC(CCc1ccccc1)CC1OCCO1. The Labute approximate surface area is 109 Å². The van der Waals surface area contributed by atoms with E-state index in [0.717, 1.165) is 39.0 Å². The summed E-state index contributed by atoms with van der Waals surface area (Å²) in [5, 5.41) is 3.52. The molecule has 1 atom stereocenters. The van der Waals surface area contributed by atoms with Crippen LogP contribution in [-0.4, -0.2) is 32.1 Å². The number of aryl methyl sites for hydroxylation is 1. The molecule has 2 rings (SSSR count). The van der Waals surface area contributed by atoms with Gasteiger partial charge in [0.25, 0.3) is 0 Å². The van der Waals surface area contributed by atoms with Crippen LogP contribution in [-0.2, 0) is 15.9 Å². The van der Waals surface area contributed by atoms with E-state index in [-0.39, 0.29) is 6.29 Å². The molecule has 100 valence electrons. The molecule has 1 aromatic carbocycles. The van der Waals surface area contributed by atoms with Gasteiger partial charge in [-0.2, -0.15) is 0 Å². The summed E-state index contributed by atoms with van der Waals surface area (Å²) in [6.07, 6.45) is 3.16. The van der Waals surface area contributed by atoms with Crippen LogP contribution >= 0.6 is 0 Å². The minimum absolute atomic E-state index is 0.00942. The third-order valence-corrected chi connectivity index (χ3v) is 3.28. The minimum atomic E-state index is -0.00942. The zero-order chi connectivity index (χ0) is 12.6. The largest absolute Gasteiger partial charge is 0.350 e. The molecule has 1 fully saturated rings. The first-order valence-electron chi connectivity index (χ1n) is 6.89. The highest BCUT2D eigenvalue weighted by Gasteiger charge is 2.20. The van der Waals surface area contributed by atoms with E-state index in [2.05, 4.69) is 42.6 Å². The Morgan fingerprint density at radius 1 is 1.22 bits per heavy atom. The van der Waals surface area contributed by atoms with E-state index >= 15 is 0 Å². The molecule has 1 aromatic rings. The van der Waals surface area contributed by atoms with Crippen molar-refractivity contribution in [2.75, 3.05) is 19.8 Å². The molecule has 0 aliphatic carbocycles. The van der Waals surface area contributed by atoms with Crippen molar-refractivity contribution < 1.29 is 9.47 Å². The molecule has 3 heteroatoms. The van der Waals surface area contributed by atoms with Crippen LogP contribution in [0.4, 0.5) is 0 Å². The molecule has 18 heavy (non-hydrogen) atoms. The van der Waals surface area contributed by atoms with Crippen LogP contribution in [0, 0.1) is 0 Å². The highest BCUT2D eigenvalue weighted by Crippen LogP contribution is 2.14. The van der Waals surface area contributed by atoms with Gasteiger partial charge in [0.2, 0.25) is 0 Å². The van der Waals surface area contributed by atoms with E-state index in [9.17, 15) is 0 Å². The van der Waals surface area contributed by atoms with E-state index in [1.807, 2.05) is 0 Å². The Balaban J connectivity index is 1.78. The van der Waals surface area contributed by atoms with Gasteiger partial charge in [0, 0.05) is 12.5 Å². The zero-order valence-corrected chi connectivity index (χ0v) is 11.1. The second-order valence-electron chi connectivity index (χ2n) is 4.69. The average molecular weight is 249 g/mol. The van der Waals surface area contributed by atoms with Crippen LogP contribution in [0.5, 0.6) is 0 Å². The van der Waals surface area contributed by atoms with E-state index in [1.165, 1.54) is 5.56 Å². The summed E-state index contributed by atoms with van der Waals surface area (Å²) < 4.78 is 11.0. The fourth-order valence-corrected chi connectivity index (χ4v) is 2.35. The van der Waals surface area contributed by atoms with Gasteiger partial charge < -0.3 is 14.8 Å². The van der Waals surface area contributed by atoms with E-state index in [4.69, 9.17) is 9.47 Å². The lowest BCUT2D eigenvalue weighted by Gasteiger charge is -2.20. The molecule has 0 amide bonds. The fourth-order valence-electron chi connectivity index (χ4n) is 2.35. The molecule has 1 aliphatic rings. The normalized spacial score (nSPS) is 18.1. The summed E-state index contributed by atoms with van der Waals surface area (Å²) in [4.78, 5) is 0. The summed E-state index contributed by atoms with van der Waals surface area (Å²) in [6.45, 7) is 4.61. The quantitative estimate of drug-likeness (QED) is 0.804. The fraction of sp³-hybridized carbons (Fsp3) is 0.600. The van der Waals surface area contributed by atoms with Gasteiger partial charge >= 0.3 is 0 Å². The van der Waals surface area contributed by atoms with Crippen molar-refractivity contribution in [1.29, 1.82) is 0 Å². The van der Waals surface area contributed by atoms with Crippen molar-refractivity contribution in [3.8, 4) is 0 Å². The first-order valence-corrected chi connectivity index (χ1v) is 6.89. The Morgan fingerprint density at radius 3 is 2.61 bits per heavy atom. The summed E-state index contributed by atoms with van der Waals surface area (Å²) in [5.41, 5.74) is 1.40. The number of benzene rings is 1. The minimum Gasteiger partial charge on any atom is -0.350 e. The first-order chi connectivity index (χ1) is 8.88. The molecule has 1 unspecified atom stereocenters. The average Bonchev–Trinajstić information content (AvgIpc) is 2.90. The smallest absolute Gasteiger partial charge is 0.159 e. The third-order valence-electron chi connectivity index (χ3n) is 3.28. The monoisotopic (exact) mass is 249 g/mol. The third kappa shape index (κ3) is 4.41. The van der Waals surface area contributed by atoms with Crippen molar-refractivity contribution in [2.45, 2.75) is 38.5 Å². The molecule has 0 bridgehead atoms. The van der Waals surface area contributed by atoms with Crippen LogP contribution < -0.4 is 5.32 Å². The molecule has 1 saturated heterocycles.